The van der Waals surface area contributed by atoms with Gasteiger partial charge >= 0.3 is 0 Å². The molecule has 2 atom stereocenters. The molecule has 0 amide bonds. The number of rotatable bonds is 6. The zero-order chi connectivity index (χ0) is 13.7. The number of ether oxygens (including phenoxy) is 1. The van der Waals surface area contributed by atoms with Crippen LogP contribution in [0.4, 0.5) is 0 Å². The Kier molecular flexibility index (Phi) is 4.80. The molecule has 0 fully saturated rings. The van der Waals surface area contributed by atoms with Crippen LogP contribution in [0.25, 0.3) is 10.8 Å². The molecule has 2 nitrogen and oxygen atoms in total. The molecule has 0 radical (unpaired) electrons. The maximum absolute atomic E-state index is 6.12. The standard InChI is InChI=1S/C17H23NO/c1-4-12-18-13(2)14(3)19-17-11-7-9-15-8-5-6-10-16(15)17/h5-11,13-14,18H,4,12H2,1-3H3. The van der Waals surface area contributed by atoms with Crippen LogP contribution in [-0.2, 0) is 0 Å². The first-order valence-corrected chi connectivity index (χ1v) is 7.10. The van der Waals surface area contributed by atoms with Gasteiger partial charge < -0.3 is 10.1 Å². The zero-order valence-electron chi connectivity index (χ0n) is 12.0. The summed E-state index contributed by atoms with van der Waals surface area (Å²) in [6.07, 6.45) is 1.29. The molecule has 0 aromatic heterocycles. The molecule has 102 valence electrons. The minimum Gasteiger partial charge on any atom is -0.488 e. The summed E-state index contributed by atoms with van der Waals surface area (Å²) in [7, 11) is 0. The Hall–Kier alpha value is -1.54. The summed E-state index contributed by atoms with van der Waals surface area (Å²) >= 11 is 0. The highest BCUT2D eigenvalue weighted by Gasteiger charge is 2.13. The molecule has 0 spiro atoms. The van der Waals surface area contributed by atoms with E-state index in [1.807, 2.05) is 6.07 Å². The van der Waals surface area contributed by atoms with Crippen molar-refractivity contribution in [3.8, 4) is 5.75 Å². The zero-order valence-corrected chi connectivity index (χ0v) is 12.0. The SMILES string of the molecule is CCCNC(C)C(C)Oc1cccc2ccccc12. The molecular formula is C17H23NO. The fourth-order valence-electron chi connectivity index (χ4n) is 2.14. The molecule has 2 rings (SSSR count). The molecule has 0 heterocycles. The van der Waals surface area contributed by atoms with Crippen molar-refractivity contribution < 1.29 is 4.74 Å². The van der Waals surface area contributed by atoms with Gasteiger partial charge in [-0.15, -0.1) is 0 Å². The Labute approximate surface area is 115 Å². The van der Waals surface area contributed by atoms with Gasteiger partial charge in [0, 0.05) is 11.4 Å². The first-order chi connectivity index (χ1) is 9.22. The third kappa shape index (κ3) is 3.48. The average molecular weight is 257 g/mol. The van der Waals surface area contributed by atoms with Gasteiger partial charge in [-0.1, -0.05) is 43.3 Å². The summed E-state index contributed by atoms with van der Waals surface area (Å²) in [6, 6.07) is 14.9. The number of nitrogens with one attached hydrogen (secondary N) is 1. The smallest absolute Gasteiger partial charge is 0.127 e. The maximum atomic E-state index is 6.12. The van der Waals surface area contributed by atoms with Crippen LogP contribution >= 0.6 is 0 Å². The van der Waals surface area contributed by atoms with E-state index in [1.165, 1.54) is 10.8 Å². The van der Waals surface area contributed by atoms with Crippen LogP contribution in [0, 0.1) is 0 Å². The van der Waals surface area contributed by atoms with E-state index in [4.69, 9.17) is 4.74 Å². The molecule has 0 saturated carbocycles. The Balaban J connectivity index is 2.12. The van der Waals surface area contributed by atoms with Crippen molar-refractivity contribution >= 4 is 10.8 Å². The minimum atomic E-state index is 0.150. The van der Waals surface area contributed by atoms with Gasteiger partial charge in [-0.3, -0.25) is 0 Å². The second-order valence-corrected chi connectivity index (χ2v) is 5.04. The van der Waals surface area contributed by atoms with Crippen LogP contribution in [0.15, 0.2) is 42.5 Å². The molecular weight excluding hydrogens is 234 g/mol. The predicted molar refractivity (Wildman–Crippen MR) is 81.8 cm³/mol. The van der Waals surface area contributed by atoms with E-state index in [2.05, 4.69) is 62.5 Å². The van der Waals surface area contributed by atoms with Crippen molar-refractivity contribution in [2.75, 3.05) is 6.54 Å². The number of hydrogen-bond acceptors (Lipinski definition) is 2. The molecule has 0 bridgehead atoms. The molecule has 0 aliphatic carbocycles. The van der Waals surface area contributed by atoms with Crippen LogP contribution in [0.5, 0.6) is 5.75 Å². The largest absolute Gasteiger partial charge is 0.488 e. The Morgan fingerprint density at radius 3 is 2.58 bits per heavy atom. The van der Waals surface area contributed by atoms with E-state index >= 15 is 0 Å². The predicted octanol–water partition coefficient (Wildman–Crippen LogP) is 4.00. The molecule has 0 saturated heterocycles. The summed E-state index contributed by atoms with van der Waals surface area (Å²) in [4.78, 5) is 0. The first-order valence-electron chi connectivity index (χ1n) is 7.10. The summed E-state index contributed by atoms with van der Waals surface area (Å²) in [5.74, 6) is 0.968. The molecule has 2 heteroatoms. The lowest BCUT2D eigenvalue weighted by Gasteiger charge is -2.23. The summed E-state index contributed by atoms with van der Waals surface area (Å²) < 4.78 is 6.12. The van der Waals surface area contributed by atoms with E-state index in [-0.39, 0.29) is 6.10 Å². The molecule has 1 N–H and O–H groups in total. The topological polar surface area (TPSA) is 21.3 Å². The lowest BCUT2D eigenvalue weighted by Crippen LogP contribution is -2.39. The second kappa shape index (κ2) is 6.58. The summed E-state index contributed by atoms with van der Waals surface area (Å²) in [6.45, 7) is 7.50. The van der Waals surface area contributed by atoms with Gasteiger partial charge in [-0.05, 0) is 38.3 Å². The Morgan fingerprint density at radius 2 is 1.79 bits per heavy atom. The van der Waals surface area contributed by atoms with Crippen molar-refractivity contribution in [2.24, 2.45) is 0 Å². The van der Waals surface area contributed by atoms with Gasteiger partial charge in [0.25, 0.3) is 0 Å². The van der Waals surface area contributed by atoms with Gasteiger partial charge in [-0.25, -0.2) is 0 Å². The van der Waals surface area contributed by atoms with Crippen molar-refractivity contribution in [3.05, 3.63) is 42.5 Å². The van der Waals surface area contributed by atoms with Crippen LogP contribution < -0.4 is 10.1 Å². The highest BCUT2D eigenvalue weighted by Crippen LogP contribution is 2.26. The van der Waals surface area contributed by atoms with Gasteiger partial charge in [0.1, 0.15) is 11.9 Å². The average Bonchev–Trinajstić information content (AvgIpc) is 2.45. The molecule has 19 heavy (non-hydrogen) atoms. The van der Waals surface area contributed by atoms with Gasteiger partial charge in [-0.2, -0.15) is 0 Å². The molecule has 2 aromatic carbocycles. The first kappa shape index (κ1) is 13.9. The minimum absolute atomic E-state index is 0.150. The van der Waals surface area contributed by atoms with E-state index in [1.54, 1.807) is 0 Å². The lowest BCUT2D eigenvalue weighted by molar-refractivity contribution is 0.180. The van der Waals surface area contributed by atoms with Crippen molar-refractivity contribution in [3.63, 3.8) is 0 Å². The number of benzene rings is 2. The monoisotopic (exact) mass is 257 g/mol. The van der Waals surface area contributed by atoms with Gasteiger partial charge in [0.15, 0.2) is 0 Å². The third-order valence-electron chi connectivity index (χ3n) is 3.48. The Bertz CT molecular complexity index is 518. The molecule has 0 aliphatic rings. The fraction of sp³-hybridized carbons (Fsp3) is 0.412. The van der Waals surface area contributed by atoms with Gasteiger partial charge in [0.2, 0.25) is 0 Å². The second-order valence-electron chi connectivity index (χ2n) is 5.04. The van der Waals surface area contributed by atoms with Gasteiger partial charge in [0.05, 0.1) is 0 Å². The van der Waals surface area contributed by atoms with E-state index < -0.39 is 0 Å². The highest BCUT2D eigenvalue weighted by atomic mass is 16.5. The molecule has 2 aromatic rings. The number of hydrogen-bond donors (Lipinski definition) is 1. The van der Waals surface area contributed by atoms with E-state index in [0.717, 1.165) is 18.7 Å². The van der Waals surface area contributed by atoms with Crippen molar-refractivity contribution in [1.29, 1.82) is 0 Å². The van der Waals surface area contributed by atoms with Crippen LogP contribution in [0.1, 0.15) is 27.2 Å². The Morgan fingerprint density at radius 1 is 1.05 bits per heavy atom. The highest BCUT2D eigenvalue weighted by molar-refractivity contribution is 5.88. The molecule has 0 aliphatic heterocycles. The molecule has 2 unspecified atom stereocenters. The third-order valence-corrected chi connectivity index (χ3v) is 3.48. The van der Waals surface area contributed by atoms with E-state index in [0.29, 0.717) is 6.04 Å². The fourth-order valence-corrected chi connectivity index (χ4v) is 2.14. The maximum Gasteiger partial charge on any atom is 0.127 e. The van der Waals surface area contributed by atoms with Crippen LogP contribution in [-0.4, -0.2) is 18.7 Å². The van der Waals surface area contributed by atoms with E-state index in [9.17, 15) is 0 Å². The van der Waals surface area contributed by atoms with Crippen LogP contribution in [0.2, 0.25) is 0 Å². The lowest BCUT2D eigenvalue weighted by atomic mass is 10.1. The summed E-state index contributed by atoms with van der Waals surface area (Å²) in [5.41, 5.74) is 0. The van der Waals surface area contributed by atoms with Crippen molar-refractivity contribution in [1.82, 2.24) is 5.32 Å². The van der Waals surface area contributed by atoms with Crippen molar-refractivity contribution in [2.45, 2.75) is 39.3 Å². The summed E-state index contributed by atoms with van der Waals surface area (Å²) in [5, 5.41) is 5.88. The van der Waals surface area contributed by atoms with Crippen LogP contribution in [0.3, 0.4) is 0 Å². The quantitative estimate of drug-likeness (QED) is 0.844. The normalized spacial score (nSPS) is 14.3. The number of fused-ring (bicyclic) bond motifs is 1.